The number of thiazole rings is 1. The summed E-state index contributed by atoms with van der Waals surface area (Å²) in [5, 5.41) is 5.70. The average Bonchev–Trinajstić information content (AvgIpc) is 3.24. The molecule has 1 aliphatic rings. The van der Waals surface area contributed by atoms with Gasteiger partial charge in [0.05, 0.1) is 23.9 Å². The molecule has 0 aromatic carbocycles. The highest BCUT2D eigenvalue weighted by Crippen LogP contribution is 2.30. The highest BCUT2D eigenvalue weighted by Gasteiger charge is 2.38. The van der Waals surface area contributed by atoms with Crippen LogP contribution in [0.1, 0.15) is 18.5 Å². The van der Waals surface area contributed by atoms with Gasteiger partial charge in [0.15, 0.2) is 10.8 Å². The van der Waals surface area contributed by atoms with E-state index in [-0.39, 0.29) is 5.91 Å². The molecule has 118 valence electrons. The molecule has 1 aliphatic heterocycles. The number of nitrogens with one attached hydrogen (secondary N) is 1. The molecule has 3 N–H and O–H groups in total. The molecule has 1 saturated heterocycles. The molecule has 7 heteroatoms. The summed E-state index contributed by atoms with van der Waals surface area (Å²) < 4.78 is 10.6. The van der Waals surface area contributed by atoms with Gasteiger partial charge in [-0.15, -0.1) is 11.3 Å². The summed E-state index contributed by atoms with van der Waals surface area (Å²) in [6, 6.07) is 3.70. The molecule has 1 fully saturated rings. The van der Waals surface area contributed by atoms with Crippen molar-refractivity contribution in [1.29, 1.82) is 0 Å². The molecule has 3 heterocycles. The van der Waals surface area contributed by atoms with Crippen LogP contribution in [0.3, 0.4) is 0 Å². The first-order valence-electron chi connectivity index (χ1n) is 7.28. The normalized spacial score (nSPS) is 17.3. The minimum Gasteiger partial charge on any atom is -0.462 e. The van der Waals surface area contributed by atoms with Gasteiger partial charge in [0.1, 0.15) is 0 Å². The predicted octanol–water partition coefficient (Wildman–Crippen LogP) is 1.77. The Bertz CT molecular complexity index is 618. The SMILES string of the molecule is NCC1(C(=O)NCc2csc(-c3ccco3)n2)CCOCC1. The van der Waals surface area contributed by atoms with Gasteiger partial charge in [-0.25, -0.2) is 4.98 Å². The third kappa shape index (κ3) is 3.06. The van der Waals surface area contributed by atoms with E-state index in [1.165, 1.54) is 11.3 Å². The van der Waals surface area contributed by atoms with Crippen molar-refractivity contribution in [2.75, 3.05) is 19.8 Å². The number of carbonyl (C=O) groups is 1. The first-order valence-corrected chi connectivity index (χ1v) is 8.16. The molecular weight excluding hydrogens is 302 g/mol. The highest BCUT2D eigenvalue weighted by molar-refractivity contribution is 7.13. The molecule has 0 atom stereocenters. The number of hydrogen-bond acceptors (Lipinski definition) is 6. The van der Waals surface area contributed by atoms with Crippen molar-refractivity contribution in [3.8, 4) is 10.8 Å². The minimum absolute atomic E-state index is 0.00847. The molecule has 22 heavy (non-hydrogen) atoms. The van der Waals surface area contributed by atoms with Gasteiger partial charge in [-0.2, -0.15) is 0 Å². The van der Waals surface area contributed by atoms with Gasteiger partial charge in [0, 0.05) is 25.1 Å². The summed E-state index contributed by atoms with van der Waals surface area (Å²) in [6.07, 6.45) is 2.96. The van der Waals surface area contributed by atoms with Crippen LogP contribution in [0.25, 0.3) is 10.8 Å². The molecule has 0 spiro atoms. The second-order valence-electron chi connectivity index (χ2n) is 5.40. The smallest absolute Gasteiger partial charge is 0.227 e. The second-order valence-corrected chi connectivity index (χ2v) is 6.26. The van der Waals surface area contributed by atoms with Crippen molar-refractivity contribution in [1.82, 2.24) is 10.3 Å². The lowest BCUT2D eigenvalue weighted by Crippen LogP contribution is -2.49. The Morgan fingerprint density at radius 3 is 2.95 bits per heavy atom. The van der Waals surface area contributed by atoms with Gasteiger partial charge >= 0.3 is 0 Å². The largest absolute Gasteiger partial charge is 0.462 e. The molecule has 3 rings (SSSR count). The molecule has 0 saturated carbocycles. The number of amides is 1. The Morgan fingerprint density at radius 1 is 1.45 bits per heavy atom. The van der Waals surface area contributed by atoms with Gasteiger partial charge in [-0.1, -0.05) is 0 Å². The van der Waals surface area contributed by atoms with E-state index in [0.717, 1.165) is 16.5 Å². The molecule has 1 amide bonds. The van der Waals surface area contributed by atoms with Crippen LogP contribution in [0.15, 0.2) is 28.2 Å². The van der Waals surface area contributed by atoms with E-state index in [1.54, 1.807) is 6.26 Å². The lowest BCUT2D eigenvalue weighted by atomic mass is 9.79. The van der Waals surface area contributed by atoms with E-state index in [0.29, 0.717) is 39.1 Å². The minimum atomic E-state index is -0.502. The highest BCUT2D eigenvalue weighted by atomic mass is 32.1. The zero-order chi connectivity index (χ0) is 15.4. The zero-order valence-electron chi connectivity index (χ0n) is 12.2. The molecular formula is C15H19N3O3S. The first-order chi connectivity index (χ1) is 10.7. The zero-order valence-corrected chi connectivity index (χ0v) is 13.0. The maximum atomic E-state index is 12.5. The Kier molecular flexibility index (Phi) is 4.56. The maximum absolute atomic E-state index is 12.5. The van der Waals surface area contributed by atoms with E-state index in [9.17, 15) is 4.79 Å². The van der Waals surface area contributed by atoms with Crippen LogP contribution in [0.5, 0.6) is 0 Å². The number of nitrogens with zero attached hydrogens (tertiary/aromatic N) is 1. The molecule has 6 nitrogen and oxygen atoms in total. The van der Waals surface area contributed by atoms with Crippen molar-refractivity contribution >= 4 is 17.2 Å². The Morgan fingerprint density at radius 2 is 2.27 bits per heavy atom. The molecule has 2 aromatic rings. The summed E-state index contributed by atoms with van der Waals surface area (Å²) in [5.74, 6) is 0.733. The van der Waals surface area contributed by atoms with Crippen LogP contribution < -0.4 is 11.1 Å². The van der Waals surface area contributed by atoms with Crippen LogP contribution >= 0.6 is 11.3 Å². The number of nitrogens with two attached hydrogens (primary N) is 1. The van der Waals surface area contributed by atoms with E-state index in [1.807, 2.05) is 17.5 Å². The topological polar surface area (TPSA) is 90.4 Å². The maximum Gasteiger partial charge on any atom is 0.227 e. The van der Waals surface area contributed by atoms with Crippen molar-refractivity contribution in [3.05, 3.63) is 29.5 Å². The number of rotatable bonds is 5. The Balaban J connectivity index is 1.61. The number of hydrogen-bond donors (Lipinski definition) is 2. The van der Waals surface area contributed by atoms with Crippen molar-refractivity contribution in [3.63, 3.8) is 0 Å². The van der Waals surface area contributed by atoms with E-state index < -0.39 is 5.41 Å². The molecule has 0 radical (unpaired) electrons. The summed E-state index contributed by atoms with van der Waals surface area (Å²) in [5.41, 5.74) is 6.16. The quantitative estimate of drug-likeness (QED) is 0.876. The van der Waals surface area contributed by atoms with Gasteiger partial charge in [-0.3, -0.25) is 4.79 Å². The Hall–Kier alpha value is -1.70. The second kappa shape index (κ2) is 6.60. The third-order valence-corrected chi connectivity index (χ3v) is 4.94. The van der Waals surface area contributed by atoms with Crippen LogP contribution in [0.2, 0.25) is 0 Å². The molecule has 2 aromatic heterocycles. The number of ether oxygens (including phenoxy) is 1. The van der Waals surface area contributed by atoms with Crippen LogP contribution in [-0.2, 0) is 16.1 Å². The van der Waals surface area contributed by atoms with E-state index >= 15 is 0 Å². The number of carbonyl (C=O) groups excluding carboxylic acids is 1. The monoisotopic (exact) mass is 321 g/mol. The van der Waals surface area contributed by atoms with Crippen molar-refractivity contribution in [2.24, 2.45) is 11.1 Å². The summed E-state index contributed by atoms with van der Waals surface area (Å²) in [7, 11) is 0. The fourth-order valence-electron chi connectivity index (χ4n) is 2.55. The molecule has 0 unspecified atom stereocenters. The number of aromatic nitrogens is 1. The van der Waals surface area contributed by atoms with E-state index in [2.05, 4.69) is 10.3 Å². The number of furan rings is 1. The fraction of sp³-hybridized carbons (Fsp3) is 0.467. The van der Waals surface area contributed by atoms with Crippen molar-refractivity contribution in [2.45, 2.75) is 19.4 Å². The van der Waals surface area contributed by atoms with Crippen LogP contribution in [-0.4, -0.2) is 30.6 Å². The van der Waals surface area contributed by atoms with Crippen LogP contribution in [0, 0.1) is 5.41 Å². The molecule has 0 aliphatic carbocycles. The lowest BCUT2D eigenvalue weighted by molar-refractivity contribution is -0.136. The molecule has 0 bridgehead atoms. The standard InChI is InChI=1S/C15H19N3O3S/c16-10-15(3-6-20-7-4-15)14(19)17-8-11-9-22-13(18-11)12-2-1-5-21-12/h1-2,5,9H,3-4,6-8,10,16H2,(H,17,19). The summed E-state index contributed by atoms with van der Waals surface area (Å²) >= 11 is 1.50. The summed E-state index contributed by atoms with van der Waals surface area (Å²) in [6.45, 7) is 1.92. The van der Waals surface area contributed by atoms with Crippen molar-refractivity contribution < 1.29 is 13.9 Å². The first kappa shape index (κ1) is 15.2. The van der Waals surface area contributed by atoms with Crippen LogP contribution in [0.4, 0.5) is 0 Å². The summed E-state index contributed by atoms with van der Waals surface area (Å²) in [4.78, 5) is 16.9. The average molecular weight is 321 g/mol. The predicted molar refractivity (Wildman–Crippen MR) is 83.2 cm³/mol. The third-order valence-electron chi connectivity index (χ3n) is 4.04. The van der Waals surface area contributed by atoms with Gasteiger partial charge in [0.25, 0.3) is 0 Å². The Labute approximate surface area is 132 Å². The lowest BCUT2D eigenvalue weighted by Gasteiger charge is -2.34. The van der Waals surface area contributed by atoms with Gasteiger partial charge in [-0.05, 0) is 25.0 Å². The fourth-order valence-corrected chi connectivity index (χ4v) is 3.33. The van der Waals surface area contributed by atoms with E-state index in [4.69, 9.17) is 14.9 Å². The van der Waals surface area contributed by atoms with Gasteiger partial charge in [0.2, 0.25) is 5.91 Å². The van der Waals surface area contributed by atoms with Gasteiger partial charge < -0.3 is 20.2 Å².